The molecule has 222 valence electrons. The number of unbranched alkanes of at least 4 members (excludes halogenated alkanes) is 8. The number of guanidine groups is 1. The number of esters is 1. The van der Waals surface area contributed by atoms with E-state index in [-0.39, 0.29) is 30.8 Å². The highest BCUT2D eigenvalue weighted by Gasteiger charge is 2.19. The van der Waals surface area contributed by atoms with Gasteiger partial charge < -0.3 is 37.5 Å². The molecule has 0 fully saturated rings. The first-order valence-electron chi connectivity index (χ1n) is 13.7. The second-order valence-corrected chi connectivity index (χ2v) is 9.51. The summed E-state index contributed by atoms with van der Waals surface area (Å²) in [7, 11) is 0. The van der Waals surface area contributed by atoms with Crippen molar-refractivity contribution in [3.8, 4) is 0 Å². The summed E-state index contributed by atoms with van der Waals surface area (Å²) in [5, 5.41) is 20.1. The monoisotopic (exact) mass is 545 g/mol. The number of hydrogen-bond donors (Lipinski definition) is 6. The van der Waals surface area contributed by atoms with E-state index in [2.05, 4.69) is 17.2 Å². The smallest absolute Gasteiger partial charge is 0.326 e. The van der Waals surface area contributed by atoms with E-state index in [0.29, 0.717) is 25.8 Å². The molecule has 0 bridgehead atoms. The van der Waals surface area contributed by atoms with Crippen molar-refractivity contribution >= 4 is 29.8 Å². The van der Waals surface area contributed by atoms with Crippen molar-refractivity contribution < 1.29 is 34.1 Å². The lowest BCUT2D eigenvalue weighted by atomic mass is 10.1. The molecule has 0 aliphatic heterocycles. The van der Waals surface area contributed by atoms with E-state index < -0.39 is 30.0 Å². The zero-order valence-electron chi connectivity index (χ0n) is 23.5. The maximum atomic E-state index is 11.9. The van der Waals surface area contributed by atoms with Gasteiger partial charge in [0.1, 0.15) is 12.1 Å². The van der Waals surface area contributed by atoms with Crippen LogP contribution in [-0.2, 0) is 23.9 Å². The highest BCUT2D eigenvalue weighted by atomic mass is 16.5. The molecule has 0 radical (unpaired) electrons. The third-order valence-electron chi connectivity index (χ3n) is 5.41. The zero-order valence-corrected chi connectivity index (χ0v) is 23.5. The number of nitrogens with two attached hydrogens (primary N) is 3. The van der Waals surface area contributed by atoms with Gasteiger partial charge in [0, 0.05) is 19.4 Å². The van der Waals surface area contributed by atoms with Crippen LogP contribution in [0.2, 0.25) is 0 Å². The molecular weight excluding hydrogens is 494 g/mol. The van der Waals surface area contributed by atoms with E-state index in [4.69, 9.17) is 32.2 Å². The molecular formula is C26H51N5O7. The van der Waals surface area contributed by atoms with Crippen LogP contribution in [-0.4, -0.2) is 64.7 Å². The number of nitrogens with one attached hydrogen (secondary N) is 1. The fourth-order valence-corrected chi connectivity index (χ4v) is 3.34. The van der Waals surface area contributed by atoms with E-state index >= 15 is 0 Å². The second-order valence-electron chi connectivity index (χ2n) is 9.51. The van der Waals surface area contributed by atoms with E-state index in [1.165, 1.54) is 38.5 Å². The van der Waals surface area contributed by atoms with Gasteiger partial charge >= 0.3 is 17.9 Å². The third-order valence-corrected chi connectivity index (χ3v) is 5.41. The van der Waals surface area contributed by atoms with Crippen molar-refractivity contribution in [3.05, 3.63) is 0 Å². The van der Waals surface area contributed by atoms with Gasteiger partial charge in [-0.2, -0.15) is 0 Å². The van der Waals surface area contributed by atoms with E-state index in [1.807, 2.05) is 0 Å². The van der Waals surface area contributed by atoms with Crippen LogP contribution < -0.4 is 22.5 Å². The summed E-state index contributed by atoms with van der Waals surface area (Å²) < 4.78 is 4.79. The van der Waals surface area contributed by atoms with Gasteiger partial charge in [0.25, 0.3) is 0 Å². The Hall–Kier alpha value is -2.89. The minimum absolute atomic E-state index is 0.0127. The minimum Gasteiger partial charge on any atom is -0.481 e. The van der Waals surface area contributed by atoms with Crippen molar-refractivity contribution in [3.63, 3.8) is 0 Å². The molecule has 0 spiro atoms. The zero-order chi connectivity index (χ0) is 29.3. The van der Waals surface area contributed by atoms with Crippen LogP contribution >= 0.6 is 0 Å². The molecule has 0 aromatic carbocycles. The number of hydrogen-bond acceptors (Lipinski definition) is 7. The van der Waals surface area contributed by atoms with E-state index in [0.717, 1.165) is 19.3 Å². The highest BCUT2D eigenvalue weighted by Crippen LogP contribution is 2.10. The summed E-state index contributed by atoms with van der Waals surface area (Å²) in [5.74, 6) is -2.74. The van der Waals surface area contributed by atoms with Crippen LogP contribution in [0.4, 0.5) is 0 Å². The normalized spacial score (nSPS) is 12.0. The number of carbonyl (C=O) groups excluding carboxylic acids is 2. The van der Waals surface area contributed by atoms with Gasteiger partial charge in [-0.15, -0.1) is 0 Å². The van der Waals surface area contributed by atoms with Crippen molar-refractivity contribution in [2.75, 3.05) is 6.54 Å². The lowest BCUT2D eigenvalue weighted by Crippen LogP contribution is -2.40. The average Bonchev–Trinajstić information content (AvgIpc) is 2.83. The maximum Gasteiger partial charge on any atom is 0.326 e. The van der Waals surface area contributed by atoms with Crippen LogP contribution in [0.25, 0.3) is 0 Å². The topological polar surface area (TPSA) is 220 Å². The number of aliphatic carboxylic acids is 2. The Labute approximate surface area is 227 Å². The first-order chi connectivity index (χ1) is 17.9. The molecule has 1 amide bonds. The Morgan fingerprint density at radius 3 is 1.87 bits per heavy atom. The van der Waals surface area contributed by atoms with Gasteiger partial charge in [-0.05, 0) is 39.5 Å². The van der Waals surface area contributed by atoms with Crippen molar-refractivity contribution in [2.45, 2.75) is 129 Å². The van der Waals surface area contributed by atoms with Crippen molar-refractivity contribution in [1.82, 2.24) is 5.32 Å². The summed E-state index contributed by atoms with van der Waals surface area (Å²) in [4.78, 5) is 48.0. The molecule has 12 nitrogen and oxygen atoms in total. The average molecular weight is 546 g/mol. The Bertz CT molecular complexity index is 697. The Kier molecular flexibility index (Phi) is 24.0. The molecule has 0 aromatic heterocycles. The summed E-state index contributed by atoms with van der Waals surface area (Å²) in [5.41, 5.74) is 15.8. The van der Waals surface area contributed by atoms with Gasteiger partial charge in [-0.25, -0.2) is 4.79 Å². The number of carboxylic acids is 2. The largest absolute Gasteiger partial charge is 0.481 e. The molecule has 0 aromatic rings. The van der Waals surface area contributed by atoms with Gasteiger partial charge in [-0.3, -0.25) is 19.4 Å². The molecule has 38 heavy (non-hydrogen) atoms. The lowest BCUT2D eigenvalue weighted by molar-refractivity contribution is -0.149. The summed E-state index contributed by atoms with van der Waals surface area (Å²) in [6.07, 6.45) is 11.6. The molecule has 0 rings (SSSR count). The second kappa shape index (κ2) is 24.4. The molecule has 12 heteroatoms. The van der Waals surface area contributed by atoms with Crippen molar-refractivity contribution in [2.24, 2.45) is 22.2 Å². The maximum absolute atomic E-state index is 11.9. The van der Waals surface area contributed by atoms with Gasteiger partial charge in [-0.1, -0.05) is 58.3 Å². The molecule has 0 aliphatic carbocycles. The molecule has 0 unspecified atom stereocenters. The van der Waals surface area contributed by atoms with E-state index in [9.17, 15) is 19.2 Å². The molecule has 0 heterocycles. The number of carbonyl (C=O) groups is 4. The molecule has 0 saturated heterocycles. The fourth-order valence-electron chi connectivity index (χ4n) is 3.34. The Morgan fingerprint density at radius 1 is 0.842 bits per heavy atom. The minimum atomic E-state index is -1.02. The number of amides is 1. The van der Waals surface area contributed by atoms with Crippen LogP contribution in [0, 0.1) is 0 Å². The number of ether oxygens (including phenoxy) is 1. The summed E-state index contributed by atoms with van der Waals surface area (Å²) in [6.45, 7) is 5.99. The lowest BCUT2D eigenvalue weighted by Gasteiger charge is -2.14. The molecule has 0 saturated carbocycles. The summed E-state index contributed by atoms with van der Waals surface area (Å²) >= 11 is 0. The molecule has 2 atom stereocenters. The SMILES string of the molecule is CC(C)OC(=O)[C@@H](N)CCC(=O)O.CCCCCCCCCCCC(=O)N[C@@H](CCCN=C(N)N)C(=O)O. The standard InChI is InChI=1S/C18H36N4O3.C8H15NO4/c1-2-3-4-5-6-7-8-9-10-13-16(23)22-15(17(24)25)12-11-14-21-18(19)20;1-5(2)13-8(12)6(9)3-4-7(10)11/h15H,2-14H2,1H3,(H,22,23)(H,24,25)(H4,19,20,21);5-6H,3-4,9H2,1-2H3,(H,10,11)/t15-;6-/m00/s1. The fraction of sp³-hybridized carbons (Fsp3) is 0.808. The van der Waals surface area contributed by atoms with Gasteiger partial charge in [0.05, 0.1) is 6.10 Å². The van der Waals surface area contributed by atoms with E-state index in [1.54, 1.807) is 13.8 Å². The van der Waals surface area contributed by atoms with Crippen LogP contribution in [0.1, 0.15) is 111 Å². The predicted molar refractivity (Wildman–Crippen MR) is 147 cm³/mol. The van der Waals surface area contributed by atoms with Gasteiger partial charge in [0.15, 0.2) is 5.96 Å². The predicted octanol–water partition coefficient (Wildman–Crippen LogP) is 2.66. The van der Waals surface area contributed by atoms with Gasteiger partial charge in [0.2, 0.25) is 5.91 Å². The quantitative estimate of drug-likeness (QED) is 0.0535. The number of rotatable bonds is 21. The molecule has 9 N–H and O–H groups in total. The first-order valence-corrected chi connectivity index (χ1v) is 13.7. The Morgan fingerprint density at radius 2 is 1.39 bits per heavy atom. The number of nitrogens with zero attached hydrogens (tertiary/aromatic N) is 1. The number of carboxylic acid groups (broad SMARTS) is 2. The number of aliphatic imine (C=N–C) groups is 1. The third kappa shape index (κ3) is 26.2. The van der Waals surface area contributed by atoms with Crippen molar-refractivity contribution in [1.29, 1.82) is 0 Å². The van der Waals surface area contributed by atoms with Crippen LogP contribution in [0.15, 0.2) is 4.99 Å². The Balaban J connectivity index is 0. The molecule has 0 aliphatic rings. The van der Waals surface area contributed by atoms with Crippen LogP contribution in [0.5, 0.6) is 0 Å². The first kappa shape index (κ1) is 37.3. The summed E-state index contributed by atoms with van der Waals surface area (Å²) in [6, 6.07) is -1.71. The highest BCUT2D eigenvalue weighted by molar-refractivity contribution is 5.83. The van der Waals surface area contributed by atoms with Crippen LogP contribution in [0.3, 0.4) is 0 Å².